The van der Waals surface area contributed by atoms with Crippen molar-refractivity contribution in [3.63, 3.8) is 0 Å². The van der Waals surface area contributed by atoms with Gasteiger partial charge in [0.15, 0.2) is 0 Å². The highest BCUT2D eigenvalue weighted by molar-refractivity contribution is 5.60. The third-order valence-corrected chi connectivity index (χ3v) is 4.05. The van der Waals surface area contributed by atoms with Crippen molar-refractivity contribution in [2.45, 2.75) is 50.9 Å². The third kappa shape index (κ3) is 2.92. The van der Waals surface area contributed by atoms with Crippen molar-refractivity contribution in [1.29, 1.82) is 0 Å². The van der Waals surface area contributed by atoms with E-state index in [0.717, 1.165) is 32.2 Å². The molecule has 3 unspecified atom stereocenters. The van der Waals surface area contributed by atoms with Gasteiger partial charge in [-0.2, -0.15) is 0 Å². The van der Waals surface area contributed by atoms with Crippen LogP contribution in [-0.2, 0) is 4.74 Å². The molecule has 2 N–H and O–H groups in total. The van der Waals surface area contributed by atoms with Crippen LogP contribution in [0.15, 0.2) is 12.1 Å². The first-order valence-electron chi connectivity index (χ1n) is 7.48. The summed E-state index contributed by atoms with van der Waals surface area (Å²) >= 11 is 0. The summed E-state index contributed by atoms with van der Waals surface area (Å²) in [5, 5.41) is 17.5. The highest BCUT2D eigenvalue weighted by Gasteiger charge is 2.41. The van der Waals surface area contributed by atoms with Crippen molar-refractivity contribution in [3.05, 3.63) is 22.2 Å². The minimum Gasteiger partial charge on any atom is -0.373 e. The minimum atomic E-state index is -0.396. The van der Waals surface area contributed by atoms with Crippen LogP contribution >= 0.6 is 0 Å². The summed E-state index contributed by atoms with van der Waals surface area (Å²) in [6.07, 6.45) is 4.44. The molecule has 7 heteroatoms. The third-order valence-electron chi connectivity index (χ3n) is 4.05. The van der Waals surface area contributed by atoms with Gasteiger partial charge in [-0.1, -0.05) is 6.92 Å². The second-order valence-electron chi connectivity index (χ2n) is 5.61. The zero-order valence-corrected chi connectivity index (χ0v) is 12.0. The standard InChI is InChI=1S/C14H20N4O3/c1-2-7-15-13-6-4-11(18(19)20)14(17-13)16-10-8-9-3-5-12(10)21-9/h4,6,9-10,12H,2-3,5,7-8H2,1H3,(H2,15,16,17). The van der Waals surface area contributed by atoms with Crippen LogP contribution in [0.1, 0.15) is 32.6 Å². The summed E-state index contributed by atoms with van der Waals surface area (Å²) in [5.74, 6) is 0.997. The van der Waals surface area contributed by atoms with Crippen molar-refractivity contribution in [2.24, 2.45) is 0 Å². The number of fused-ring (bicyclic) bond motifs is 2. The molecule has 114 valence electrons. The number of nitrogens with zero attached hydrogens (tertiary/aromatic N) is 2. The summed E-state index contributed by atoms with van der Waals surface area (Å²) in [6.45, 7) is 2.85. The molecule has 0 amide bonds. The predicted molar refractivity (Wildman–Crippen MR) is 79.6 cm³/mol. The van der Waals surface area contributed by atoms with E-state index in [1.165, 1.54) is 6.07 Å². The first kappa shape index (κ1) is 14.1. The summed E-state index contributed by atoms with van der Waals surface area (Å²) < 4.78 is 5.78. The number of nitrogens with one attached hydrogen (secondary N) is 2. The molecular formula is C14H20N4O3. The number of rotatable bonds is 6. The second kappa shape index (κ2) is 5.85. The van der Waals surface area contributed by atoms with Gasteiger partial charge in [-0.15, -0.1) is 0 Å². The molecule has 0 aliphatic carbocycles. The second-order valence-corrected chi connectivity index (χ2v) is 5.61. The number of hydrogen-bond donors (Lipinski definition) is 2. The number of pyridine rings is 1. The van der Waals surface area contributed by atoms with Gasteiger partial charge in [-0.3, -0.25) is 10.1 Å². The maximum atomic E-state index is 11.2. The fourth-order valence-electron chi connectivity index (χ4n) is 3.02. The summed E-state index contributed by atoms with van der Waals surface area (Å²) in [6, 6.07) is 3.27. The van der Waals surface area contributed by atoms with Crippen LogP contribution in [0.2, 0.25) is 0 Å². The van der Waals surface area contributed by atoms with Gasteiger partial charge in [-0.25, -0.2) is 4.98 Å². The number of ether oxygens (including phenoxy) is 1. The van der Waals surface area contributed by atoms with E-state index in [1.807, 2.05) is 0 Å². The quantitative estimate of drug-likeness (QED) is 0.618. The molecule has 3 rings (SSSR count). The van der Waals surface area contributed by atoms with Crippen LogP contribution in [0.4, 0.5) is 17.3 Å². The largest absolute Gasteiger partial charge is 0.373 e. The van der Waals surface area contributed by atoms with Crippen molar-refractivity contribution < 1.29 is 9.66 Å². The summed E-state index contributed by atoms with van der Waals surface area (Å²) in [5.41, 5.74) is 0.0137. The average molecular weight is 292 g/mol. The molecular weight excluding hydrogens is 272 g/mol. The highest BCUT2D eigenvalue weighted by Crippen LogP contribution is 2.37. The van der Waals surface area contributed by atoms with Gasteiger partial charge in [0.05, 0.1) is 23.2 Å². The van der Waals surface area contributed by atoms with E-state index < -0.39 is 4.92 Å². The van der Waals surface area contributed by atoms with Crippen LogP contribution in [0.3, 0.4) is 0 Å². The molecule has 0 saturated carbocycles. The van der Waals surface area contributed by atoms with Crippen molar-refractivity contribution in [3.8, 4) is 0 Å². The van der Waals surface area contributed by atoms with Crippen LogP contribution in [0.5, 0.6) is 0 Å². The minimum absolute atomic E-state index is 0.0137. The number of hydrogen-bond acceptors (Lipinski definition) is 6. The van der Waals surface area contributed by atoms with Crippen LogP contribution in [-0.4, -0.2) is 34.7 Å². The number of nitro groups is 1. The molecule has 2 bridgehead atoms. The SMILES string of the molecule is CCCNc1ccc([N+](=O)[O-])c(NC2CC3CCC2O3)n1. The Morgan fingerprint density at radius 2 is 2.33 bits per heavy atom. The summed E-state index contributed by atoms with van der Waals surface area (Å²) in [4.78, 5) is 15.1. The fourth-order valence-corrected chi connectivity index (χ4v) is 3.02. The van der Waals surface area contributed by atoms with Crippen molar-refractivity contribution in [2.75, 3.05) is 17.2 Å². The maximum Gasteiger partial charge on any atom is 0.311 e. The van der Waals surface area contributed by atoms with Crippen molar-refractivity contribution >= 4 is 17.3 Å². The van der Waals surface area contributed by atoms with E-state index in [0.29, 0.717) is 17.7 Å². The molecule has 2 saturated heterocycles. The topological polar surface area (TPSA) is 89.3 Å². The molecule has 3 heterocycles. The van der Waals surface area contributed by atoms with Gasteiger partial charge < -0.3 is 15.4 Å². The summed E-state index contributed by atoms with van der Waals surface area (Å²) in [7, 11) is 0. The maximum absolute atomic E-state index is 11.2. The van der Waals surface area contributed by atoms with E-state index in [9.17, 15) is 10.1 Å². The molecule has 0 radical (unpaired) electrons. The molecule has 21 heavy (non-hydrogen) atoms. The van der Waals surface area contributed by atoms with Gasteiger partial charge in [0.1, 0.15) is 5.82 Å². The predicted octanol–water partition coefficient (Wildman–Crippen LogP) is 2.54. The first-order chi connectivity index (χ1) is 10.2. The van der Waals surface area contributed by atoms with Gasteiger partial charge in [-0.05, 0) is 31.7 Å². The van der Waals surface area contributed by atoms with Crippen molar-refractivity contribution in [1.82, 2.24) is 4.98 Å². The van der Waals surface area contributed by atoms with Gasteiger partial charge in [0.2, 0.25) is 5.82 Å². The lowest BCUT2D eigenvalue weighted by Gasteiger charge is -2.20. The molecule has 0 aromatic carbocycles. The lowest BCUT2D eigenvalue weighted by molar-refractivity contribution is -0.384. The zero-order valence-electron chi connectivity index (χ0n) is 12.0. The van der Waals surface area contributed by atoms with E-state index >= 15 is 0 Å². The Bertz CT molecular complexity index is 537. The van der Waals surface area contributed by atoms with Crippen LogP contribution in [0.25, 0.3) is 0 Å². The highest BCUT2D eigenvalue weighted by atomic mass is 16.6. The molecule has 2 aliphatic heterocycles. The Kier molecular flexibility index (Phi) is 3.92. The van der Waals surface area contributed by atoms with Crippen LogP contribution in [0, 0.1) is 10.1 Å². The van der Waals surface area contributed by atoms with Gasteiger partial charge >= 0.3 is 5.69 Å². The molecule has 1 aromatic heterocycles. The Hall–Kier alpha value is -1.89. The lowest BCUT2D eigenvalue weighted by Crippen LogP contribution is -2.31. The van der Waals surface area contributed by atoms with E-state index in [1.54, 1.807) is 6.07 Å². The molecule has 1 aromatic rings. The molecule has 2 aliphatic rings. The molecule has 0 spiro atoms. The van der Waals surface area contributed by atoms with E-state index in [4.69, 9.17) is 4.74 Å². The fraction of sp³-hybridized carbons (Fsp3) is 0.643. The number of anilines is 2. The average Bonchev–Trinajstić information content (AvgIpc) is 3.07. The Labute approximate surface area is 123 Å². The lowest BCUT2D eigenvalue weighted by atomic mass is 9.95. The van der Waals surface area contributed by atoms with Gasteiger partial charge in [0, 0.05) is 12.6 Å². The Morgan fingerprint density at radius 1 is 1.48 bits per heavy atom. The Balaban J connectivity index is 1.78. The Morgan fingerprint density at radius 3 is 2.95 bits per heavy atom. The number of aromatic nitrogens is 1. The molecule has 2 fully saturated rings. The first-order valence-corrected chi connectivity index (χ1v) is 7.48. The van der Waals surface area contributed by atoms with E-state index in [2.05, 4.69) is 22.5 Å². The van der Waals surface area contributed by atoms with E-state index in [-0.39, 0.29) is 17.8 Å². The molecule has 7 nitrogen and oxygen atoms in total. The smallest absolute Gasteiger partial charge is 0.311 e. The van der Waals surface area contributed by atoms with Gasteiger partial charge in [0.25, 0.3) is 0 Å². The monoisotopic (exact) mass is 292 g/mol. The van der Waals surface area contributed by atoms with Crippen LogP contribution < -0.4 is 10.6 Å². The zero-order chi connectivity index (χ0) is 14.8. The molecule has 3 atom stereocenters. The normalized spacial score (nSPS) is 26.8.